The maximum Gasteiger partial charge on any atom is 0.319 e. The Hall–Kier alpha value is -2.89. The third-order valence-electron chi connectivity index (χ3n) is 8.48. The molecular weight excluding hydrogens is 522 g/mol. The number of Topliss-reactive ketones (excluding diaryl/α,β-unsaturated/α-hetero) is 1. The Labute approximate surface area is 238 Å². The molecular formula is C33H38ClNO3Si. The van der Waals surface area contributed by atoms with Gasteiger partial charge in [-0.15, -0.1) is 0 Å². The molecule has 3 aromatic rings. The van der Waals surface area contributed by atoms with E-state index in [1.165, 1.54) is 10.4 Å². The highest BCUT2D eigenvalue weighted by Crippen LogP contribution is 2.39. The first-order chi connectivity index (χ1) is 18.7. The smallest absolute Gasteiger partial charge is 0.319 e. The van der Waals surface area contributed by atoms with Gasteiger partial charge in [-0.05, 0) is 58.8 Å². The Morgan fingerprint density at radius 3 is 2.00 bits per heavy atom. The lowest BCUT2D eigenvalue weighted by Gasteiger charge is -2.43. The third-order valence-corrected chi connectivity index (χ3v) is 13.8. The zero-order valence-corrected chi connectivity index (χ0v) is 24.9. The van der Waals surface area contributed by atoms with Crippen molar-refractivity contribution >= 4 is 42.0 Å². The number of nitrogens with zero attached hydrogens (tertiary/aromatic N) is 1. The molecule has 0 aromatic heterocycles. The van der Waals surface area contributed by atoms with E-state index in [4.69, 9.17) is 16.0 Å². The van der Waals surface area contributed by atoms with Crippen molar-refractivity contribution in [2.24, 2.45) is 5.92 Å². The van der Waals surface area contributed by atoms with Crippen LogP contribution in [-0.2, 0) is 16.0 Å². The number of ketones is 1. The van der Waals surface area contributed by atoms with Crippen molar-refractivity contribution in [3.63, 3.8) is 0 Å². The van der Waals surface area contributed by atoms with Crippen LogP contribution in [0.2, 0.25) is 10.1 Å². The standard InChI is InChI=1S/C33H38ClNO3Si/c1-33(2,3)39(29-10-6-4-7-11-29,30-12-8-5-9-13-30)38-28-19-14-24(31(34)23-28)22-25-20-21-35(32(25)37)26-15-17-27(36)18-16-26/h4-14,19,23,25-26H,15-18,20-22H2,1-3H3. The molecule has 1 aliphatic heterocycles. The fourth-order valence-corrected chi connectivity index (χ4v) is 11.1. The van der Waals surface area contributed by atoms with Gasteiger partial charge in [0.25, 0.3) is 0 Å². The van der Waals surface area contributed by atoms with Crippen molar-refractivity contribution in [3.8, 4) is 5.75 Å². The van der Waals surface area contributed by atoms with Gasteiger partial charge in [0.15, 0.2) is 0 Å². The molecule has 0 N–H and O–H groups in total. The second-order valence-corrected chi connectivity index (χ2v) is 16.6. The molecule has 0 radical (unpaired) electrons. The molecule has 5 rings (SSSR count). The Bertz CT molecular complexity index is 1270. The molecule has 2 aliphatic rings. The summed E-state index contributed by atoms with van der Waals surface area (Å²) in [5.41, 5.74) is 0.977. The highest BCUT2D eigenvalue weighted by Gasteiger charge is 2.52. The van der Waals surface area contributed by atoms with E-state index in [2.05, 4.69) is 69.3 Å². The molecule has 0 bridgehead atoms. The Morgan fingerprint density at radius 2 is 1.46 bits per heavy atom. The van der Waals surface area contributed by atoms with E-state index >= 15 is 0 Å². The maximum absolute atomic E-state index is 13.3. The van der Waals surface area contributed by atoms with Gasteiger partial charge in [-0.3, -0.25) is 9.59 Å². The predicted molar refractivity (Wildman–Crippen MR) is 160 cm³/mol. The van der Waals surface area contributed by atoms with Crippen LogP contribution in [0, 0.1) is 5.92 Å². The van der Waals surface area contributed by atoms with Crippen LogP contribution in [-0.4, -0.2) is 37.5 Å². The number of halogens is 1. The van der Waals surface area contributed by atoms with Crippen LogP contribution >= 0.6 is 11.6 Å². The number of likely N-dealkylation sites (tertiary alicyclic amines) is 1. The average Bonchev–Trinajstić information content (AvgIpc) is 3.29. The zero-order valence-electron chi connectivity index (χ0n) is 23.2. The van der Waals surface area contributed by atoms with E-state index in [1.807, 2.05) is 35.2 Å². The van der Waals surface area contributed by atoms with E-state index < -0.39 is 8.32 Å². The molecule has 6 heteroatoms. The van der Waals surface area contributed by atoms with E-state index in [-0.39, 0.29) is 22.9 Å². The van der Waals surface area contributed by atoms with Crippen molar-refractivity contribution in [2.75, 3.05) is 6.54 Å². The third kappa shape index (κ3) is 5.57. The molecule has 1 amide bonds. The van der Waals surface area contributed by atoms with Gasteiger partial charge in [0.2, 0.25) is 5.91 Å². The number of amides is 1. The van der Waals surface area contributed by atoms with Crippen LogP contribution in [0.5, 0.6) is 5.75 Å². The maximum atomic E-state index is 13.3. The van der Waals surface area contributed by atoms with Gasteiger partial charge < -0.3 is 9.33 Å². The van der Waals surface area contributed by atoms with E-state index in [0.717, 1.165) is 37.1 Å². The molecule has 1 heterocycles. The van der Waals surface area contributed by atoms with E-state index in [9.17, 15) is 9.59 Å². The van der Waals surface area contributed by atoms with Gasteiger partial charge in [-0.2, -0.15) is 0 Å². The van der Waals surface area contributed by atoms with Crippen molar-refractivity contribution in [2.45, 2.75) is 70.4 Å². The number of rotatable bonds is 7. The van der Waals surface area contributed by atoms with Gasteiger partial charge in [-0.1, -0.05) is 99.1 Å². The quantitative estimate of drug-likeness (QED) is 0.325. The monoisotopic (exact) mass is 559 g/mol. The van der Waals surface area contributed by atoms with Crippen LogP contribution in [0.15, 0.2) is 78.9 Å². The van der Waals surface area contributed by atoms with Crippen LogP contribution in [0.3, 0.4) is 0 Å². The van der Waals surface area contributed by atoms with Gasteiger partial charge in [0.1, 0.15) is 11.5 Å². The van der Waals surface area contributed by atoms with Gasteiger partial charge in [-0.25, -0.2) is 0 Å². The highest BCUT2D eigenvalue weighted by molar-refractivity contribution is 7.00. The number of carbonyl (C=O) groups is 2. The topological polar surface area (TPSA) is 46.6 Å². The molecule has 1 saturated heterocycles. The summed E-state index contributed by atoms with van der Waals surface area (Å²) in [5.74, 6) is 1.22. The molecule has 0 spiro atoms. The Balaban J connectivity index is 1.39. The molecule has 2 fully saturated rings. The minimum atomic E-state index is -2.75. The van der Waals surface area contributed by atoms with Gasteiger partial charge in [0.05, 0.1) is 0 Å². The SMILES string of the molecule is CC(C)(C)[Si](Oc1ccc(CC2CCN(C3CCC(=O)CC3)C2=O)c(Cl)c1)(c1ccccc1)c1ccccc1. The summed E-state index contributed by atoms with van der Waals surface area (Å²) in [5, 5.41) is 2.92. The van der Waals surface area contributed by atoms with Gasteiger partial charge in [0, 0.05) is 36.4 Å². The van der Waals surface area contributed by atoms with Crippen molar-refractivity contribution < 1.29 is 14.0 Å². The minimum Gasteiger partial charge on any atom is -0.534 e. The average molecular weight is 560 g/mol. The summed E-state index contributed by atoms with van der Waals surface area (Å²) in [6.45, 7) is 7.55. The first kappa shape index (κ1) is 27.7. The number of hydrogen-bond donors (Lipinski definition) is 0. The molecule has 1 unspecified atom stereocenters. The fraction of sp³-hybridized carbons (Fsp3) is 0.394. The minimum absolute atomic E-state index is 0.0661. The molecule has 204 valence electrons. The molecule has 3 aromatic carbocycles. The Kier molecular flexibility index (Phi) is 8.02. The molecule has 39 heavy (non-hydrogen) atoms. The van der Waals surface area contributed by atoms with Gasteiger partial charge >= 0.3 is 8.32 Å². The number of carbonyl (C=O) groups excluding carboxylic acids is 2. The first-order valence-electron chi connectivity index (χ1n) is 14.1. The molecule has 4 nitrogen and oxygen atoms in total. The van der Waals surface area contributed by atoms with Crippen molar-refractivity contribution in [3.05, 3.63) is 89.4 Å². The lowest BCUT2D eigenvalue weighted by Crippen LogP contribution is -2.68. The van der Waals surface area contributed by atoms with Crippen LogP contribution in [0.1, 0.15) is 58.4 Å². The summed E-state index contributed by atoms with van der Waals surface area (Å²) in [6.07, 6.45) is 4.24. The van der Waals surface area contributed by atoms with E-state index in [1.54, 1.807) is 0 Å². The molecule has 1 saturated carbocycles. The first-order valence-corrected chi connectivity index (χ1v) is 16.4. The largest absolute Gasteiger partial charge is 0.534 e. The lowest BCUT2D eigenvalue weighted by atomic mass is 9.93. The van der Waals surface area contributed by atoms with Crippen LogP contribution in [0.4, 0.5) is 0 Å². The van der Waals surface area contributed by atoms with Crippen LogP contribution in [0.25, 0.3) is 0 Å². The second kappa shape index (κ2) is 11.3. The lowest BCUT2D eigenvalue weighted by molar-refractivity contribution is -0.135. The number of benzene rings is 3. The zero-order chi connectivity index (χ0) is 27.6. The second-order valence-electron chi connectivity index (χ2n) is 12.0. The van der Waals surface area contributed by atoms with Crippen molar-refractivity contribution in [1.29, 1.82) is 0 Å². The molecule has 1 aliphatic carbocycles. The van der Waals surface area contributed by atoms with Crippen LogP contribution < -0.4 is 14.8 Å². The fourth-order valence-electron chi connectivity index (χ4n) is 6.40. The highest BCUT2D eigenvalue weighted by atomic mass is 35.5. The summed E-state index contributed by atoms with van der Waals surface area (Å²) in [6, 6.07) is 27.3. The normalized spacial score (nSPS) is 19.0. The summed E-state index contributed by atoms with van der Waals surface area (Å²) >= 11 is 6.86. The summed E-state index contributed by atoms with van der Waals surface area (Å²) in [4.78, 5) is 26.9. The number of hydrogen-bond acceptors (Lipinski definition) is 3. The predicted octanol–water partition coefficient (Wildman–Crippen LogP) is 6.18. The van der Waals surface area contributed by atoms with Crippen molar-refractivity contribution in [1.82, 2.24) is 4.90 Å². The Morgan fingerprint density at radius 1 is 0.872 bits per heavy atom. The summed E-state index contributed by atoms with van der Waals surface area (Å²) < 4.78 is 7.12. The van der Waals surface area contributed by atoms with E-state index in [0.29, 0.717) is 30.1 Å². The summed E-state index contributed by atoms with van der Waals surface area (Å²) in [7, 11) is -2.75. The molecule has 1 atom stereocenters.